The van der Waals surface area contributed by atoms with E-state index in [0.717, 1.165) is 25.7 Å². The molecule has 33 heavy (non-hydrogen) atoms. The maximum Gasteiger partial charge on any atom is 0.306 e. The van der Waals surface area contributed by atoms with Gasteiger partial charge in [-0.15, -0.1) is 0 Å². The summed E-state index contributed by atoms with van der Waals surface area (Å²) < 4.78 is 5.75. The molecule has 0 spiro atoms. The molecule has 0 amide bonds. The zero-order valence-electron chi connectivity index (χ0n) is 22.2. The first-order chi connectivity index (χ1) is 16.1. The average molecular weight is 469 g/mol. The fourth-order valence-corrected chi connectivity index (χ4v) is 4.43. The Hall–Kier alpha value is -1.06. The Kier molecular flexibility index (Phi) is 24.7. The highest BCUT2D eigenvalue weighted by atomic mass is 16.5. The summed E-state index contributed by atoms with van der Waals surface area (Å²) in [5.41, 5.74) is 0. The molecule has 0 bridgehead atoms. The van der Waals surface area contributed by atoms with Gasteiger partial charge in [0.05, 0.1) is 0 Å². The third kappa shape index (κ3) is 25.4. The van der Waals surface area contributed by atoms with E-state index in [1.165, 1.54) is 103 Å². The van der Waals surface area contributed by atoms with Crippen LogP contribution >= 0.6 is 0 Å². The number of carbonyl (C=O) groups excluding carboxylic acids is 1. The van der Waals surface area contributed by atoms with Crippen LogP contribution in [-0.2, 0) is 14.3 Å². The van der Waals surface area contributed by atoms with Gasteiger partial charge < -0.3 is 9.84 Å². The molecule has 0 aliphatic rings. The molecule has 0 rings (SSSR count). The summed E-state index contributed by atoms with van der Waals surface area (Å²) in [5.74, 6) is -0.862. The minimum atomic E-state index is -0.770. The Balaban J connectivity index is 3.86. The van der Waals surface area contributed by atoms with Gasteiger partial charge in [-0.1, -0.05) is 123 Å². The molecule has 0 saturated heterocycles. The summed E-state index contributed by atoms with van der Waals surface area (Å²) >= 11 is 0. The van der Waals surface area contributed by atoms with Gasteiger partial charge in [0.2, 0.25) is 0 Å². The van der Waals surface area contributed by atoms with Crippen molar-refractivity contribution >= 4 is 11.9 Å². The number of aliphatic carboxylic acids is 1. The molecule has 0 aromatic rings. The zero-order chi connectivity index (χ0) is 24.4. The second kappa shape index (κ2) is 25.6. The highest BCUT2D eigenvalue weighted by Crippen LogP contribution is 2.17. The predicted molar refractivity (Wildman–Crippen MR) is 140 cm³/mol. The van der Waals surface area contributed by atoms with Crippen molar-refractivity contribution in [3.05, 3.63) is 0 Å². The van der Waals surface area contributed by atoms with Gasteiger partial charge in [-0.05, 0) is 32.1 Å². The number of esters is 1. The lowest BCUT2D eigenvalue weighted by Gasteiger charge is -2.18. The smallest absolute Gasteiger partial charge is 0.306 e. The van der Waals surface area contributed by atoms with Crippen LogP contribution in [0.1, 0.15) is 168 Å². The number of ether oxygens (including phenoxy) is 1. The van der Waals surface area contributed by atoms with Crippen molar-refractivity contribution in [2.24, 2.45) is 0 Å². The second-order valence-electron chi connectivity index (χ2n) is 9.95. The third-order valence-corrected chi connectivity index (χ3v) is 6.58. The van der Waals surface area contributed by atoms with E-state index in [2.05, 4.69) is 13.8 Å². The molecule has 1 unspecified atom stereocenters. The SMILES string of the molecule is CCCCCCCCCCCCCC(=O)OC(CCCCCCCCCC)CCCC(=O)O. The lowest BCUT2D eigenvalue weighted by atomic mass is 10.0. The van der Waals surface area contributed by atoms with Crippen LogP contribution in [0.2, 0.25) is 0 Å². The molecular weight excluding hydrogens is 412 g/mol. The summed E-state index contributed by atoms with van der Waals surface area (Å²) in [6.45, 7) is 4.50. The van der Waals surface area contributed by atoms with Gasteiger partial charge in [0.25, 0.3) is 0 Å². The van der Waals surface area contributed by atoms with Crippen molar-refractivity contribution in [2.75, 3.05) is 0 Å². The van der Waals surface area contributed by atoms with E-state index in [-0.39, 0.29) is 18.5 Å². The Morgan fingerprint density at radius 2 is 0.939 bits per heavy atom. The Morgan fingerprint density at radius 1 is 0.545 bits per heavy atom. The van der Waals surface area contributed by atoms with Crippen molar-refractivity contribution in [1.29, 1.82) is 0 Å². The van der Waals surface area contributed by atoms with Gasteiger partial charge in [0.1, 0.15) is 6.10 Å². The first kappa shape index (κ1) is 31.9. The number of hydrogen-bond acceptors (Lipinski definition) is 3. The van der Waals surface area contributed by atoms with Crippen LogP contribution in [0.15, 0.2) is 0 Å². The van der Waals surface area contributed by atoms with Gasteiger partial charge in [-0.2, -0.15) is 0 Å². The summed E-state index contributed by atoms with van der Waals surface area (Å²) in [7, 11) is 0. The molecule has 1 atom stereocenters. The summed E-state index contributed by atoms with van der Waals surface area (Å²) in [5, 5.41) is 8.90. The summed E-state index contributed by atoms with van der Waals surface area (Å²) in [4.78, 5) is 23.1. The van der Waals surface area contributed by atoms with Gasteiger partial charge in [-0.3, -0.25) is 9.59 Å². The van der Waals surface area contributed by atoms with Crippen molar-refractivity contribution in [3.8, 4) is 0 Å². The number of carbonyl (C=O) groups is 2. The van der Waals surface area contributed by atoms with E-state index in [1.54, 1.807) is 0 Å². The van der Waals surface area contributed by atoms with Gasteiger partial charge in [-0.25, -0.2) is 0 Å². The molecule has 196 valence electrons. The van der Waals surface area contributed by atoms with Gasteiger partial charge in [0, 0.05) is 12.8 Å². The molecule has 0 radical (unpaired) electrons. The largest absolute Gasteiger partial charge is 0.481 e. The summed E-state index contributed by atoms with van der Waals surface area (Å²) in [6.07, 6.45) is 26.7. The molecule has 1 N–H and O–H groups in total. The zero-order valence-corrected chi connectivity index (χ0v) is 22.2. The minimum Gasteiger partial charge on any atom is -0.481 e. The molecule has 0 aliphatic heterocycles. The third-order valence-electron chi connectivity index (χ3n) is 6.58. The second-order valence-corrected chi connectivity index (χ2v) is 9.95. The molecule has 4 heteroatoms. The Morgan fingerprint density at radius 3 is 1.39 bits per heavy atom. The predicted octanol–water partition coefficient (Wildman–Crippen LogP) is 9.39. The van der Waals surface area contributed by atoms with Crippen molar-refractivity contribution in [3.63, 3.8) is 0 Å². The molecule has 0 heterocycles. The first-order valence-electron chi connectivity index (χ1n) is 14.5. The van der Waals surface area contributed by atoms with Crippen LogP contribution in [0.3, 0.4) is 0 Å². The van der Waals surface area contributed by atoms with Crippen LogP contribution in [0.5, 0.6) is 0 Å². The lowest BCUT2D eigenvalue weighted by Crippen LogP contribution is -2.18. The summed E-state index contributed by atoms with van der Waals surface area (Å²) in [6, 6.07) is 0. The average Bonchev–Trinajstić information content (AvgIpc) is 2.78. The van der Waals surface area contributed by atoms with E-state index < -0.39 is 5.97 Å². The first-order valence-corrected chi connectivity index (χ1v) is 14.5. The van der Waals surface area contributed by atoms with Crippen LogP contribution in [0, 0.1) is 0 Å². The molecule has 0 aromatic carbocycles. The van der Waals surface area contributed by atoms with Crippen LogP contribution < -0.4 is 0 Å². The van der Waals surface area contributed by atoms with Crippen molar-refractivity contribution in [1.82, 2.24) is 0 Å². The van der Waals surface area contributed by atoms with Crippen molar-refractivity contribution < 1.29 is 19.4 Å². The quantitative estimate of drug-likeness (QED) is 0.101. The van der Waals surface area contributed by atoms with E-state index in [0.29, 0.717) is 19.3 Å². The molecular formula is C29H56O4. The Bertz CT molecular complexity index is 435. The van der Waals surface area contributed by atoms with E-state index in [9.17, 15) is 9.59 Å². The highest BCUT2D eigenvalue weighted by Gasteiger charge is 2.15. The van der Waals surface area contributed by atoms with E-state index >= 15 is 0 Å². The normalized spacial score (nSPS) is 12.1. The number of carboxylic acids is 1. The van der Waals surface area contributed by atoms with E-state index in [4.69, 9.17) is 9.84 Å². The molecule has 4 nitrogen and oxygen atoms in total. The number of rotatable bonds is 26. The molecule has 0 saturated carbocycles. The van der Waals surface area contributed by atoms with Crippen LogP contribution in [-0.4, -0.2) is 23.1 Å². The van der Waals surface area contributed by atoms with Crippen LogP contribution in [0.25, 0.3) is 0 Å². The number of hydrogen-bond donors (Lipinski definition) is 1. The molecule has 0 aliphatic carbocycles. The van der Waals surface area contributed by atoms with Crippen LogP contribution in [0.4, 0.5) is 0 Å². The lowest BCUT2D eigenvalue weighted by molar-refractivity contribution is -0.150. The fraction of sp³-hybridized carbons (Fsp3) is 0.931. The number of unbranched alkanes of at least 4 members (excludes halogenated alkanes) is 17. The fourth-order valence-electron chi connectivity index (χ4n) is 4.43. The topological polar surface area (TPSA) is 63.6 Å². The van der Waals surface area contributed by atoms with E-state index in [1.807, 2.05) is 0 Å². The minimum absolute atomic E-state index is 0.0918. The van der Waals surface area contributed by atoms with Gasteiger partial charge >= 0.3 is 11.9 Å². The maximum atomic E-state index is 12.3. The number of carboxylic acid groups (broad SMARTS) is 1. The Labute approximate surface area is 205 Å². The van der Waals surface area contributed by atoms with Gasteiger partial charge in [0.15, 0.2) is 0 Å². The monoisotopic (exact) mass is 468 g/mol. The molecule has 0 aromatic heterocycles. The highest BCUT2D eigenvalue weighted by molar-refractivity contribution is 5.69. The maximum absolute atomic E-state index is 12.3. The van der Waals surface area contributed by atoms with Crippen molar-refractivity contribution in [2.45, 2.75) is 174 Å². The molecule has 0 fully saturated rings. The standard InChI is InChI=1S/C29H56O4/c1-3-5-7-9-11-13-14-15-17-19-21-26-29(32)33-27(24-22-25-28(30)31)23-20-18-16-12-10-8-6-4-2/h27H,3-26H2,1-2H3,(H,30,31).